The first-order valence-electron chi connectivity index (χ1n) is 11.6. The standard InChI is InChI=1S/C25H27N5O6/c1-35-25(34)28-20-4-2-3-19(14-20)27-24-30-29-23(36-24)22(33)26-18-11-9-17(10-12-18)16-7-5-15(6-8-16)13-21(31)32/h2-4,9-12,14-16H,5-8,13H2,1H3,(H,26,33)(H,27,30)(H,28,34)(H,31,32). The molecule has 2 amide bonds. The molecule has 4 rings (SSSR count). The second kappa shape index (κ2) is 11.3. The molecule has 0 saturated heterocycles. The number of hydrogen-bond acceptors (Lipinski definition) is 8. The third-order valence-corrected chi connectivity index (χ3v) is 6.11. The molecule has 1 aromatic heterocycles. The van der Waals surface area contributed by atoms with Gasteiger partial charge in [0.25, 0.3) is 0 Å². The van der Waals surface area contributed by atoms with Crippen molar-refractivity contribution in [3.8, 4) is 0 Å². The maximum Gasteiger partial charge on any atom is 0.411 e. The third-order valence-electron chi connectivity index (χ3n) is 6.11. The summed E-state index contributed by atoms with van der Waals surface area (Å²) in [5.74, 6) is -0.831. The van der Waals surface area contributed by atoms with Crippen molar-refractivity contribution < 1.29 is 28.6 Å². The maximum atomic E-state index is 12.6. The third kappa shape index (κ3) is 6.59. The van der Waals surface area contributed by atoms with Gasteiger partial charge in [0.05, 0.1) is 7.11 Å². The molecule has 1 saturated carbocycles. The van der Waals surface area contributed by atoms with Gasteiger partial charge in [-0.1, -0.05) is 23.3 Å². The Bertz CT molecular complexity index is 1220. The van der Waals surface area contributed by atoms with Crippen LogP contribution in [0.25, 0.3) is 0 Å². The Kier molecular flexibility index (Phi) is 7.79. The topological polar surface area (TPSA) is 156 Å². The first kappa shape index (κ1) is 24.7. The van der Waals surface area contributed by atoms with Crippen LogP contribution >= 0.6 is 0 Å². The lowest BCUT2D eigenvalue weighted by Gasteiger charge is -2.28. The highest BCUT2D eigenvalue weighted by Gasteiger charge is 2.24. The predicted octanol–water partition coefficient (Wildman–Crippen LogP) is 4.99. The summed E-state index contributed by atoms with van der Waals surface area (Å²) in [6.07, 6.45) is 3.39. The highest BCUT2D eigenvalue weighted by Crippen LogP contribution is 2.37. The van der Waals surface area contributed by atoms with Gasteiger partial charge in [0.1, 0.15) is 0 Å². The first-order valence-corrected chi connectivity index (χ1v) is 11.6. The molecule has 1 aliphatic carbocycles. The number of benzene rings is 2. The van der Waals surface area contributed by atoms with Crippen LogP contribution in [-0.2, 0) is 9.53 Å². The summed E-state index contributed by atoms with van der Waals surface area (Å²) < 4.78 is 9.99. The number of carbonyl (C=O) groups is 3. The van der Waals surface area contributed by atoms with E-state index in [-0.39, 0.29) is 24.2 Å². The highest BCUT2D eigenvalue weighted by atomic mass is 16.5. The zero-order valence-electron chi connectivity index (χ0n) is 19.7. The van der Waals surface area contributed by atoms with Crippen molar-refractivity contribution in [3.63, 3.8) is 0 Å². The number of nitrogens with one attached hydrogen (secondary N) is 3. The number of carboxylic acids is 1. The van der Waals surface area contributed by atoms with Crippen LogP contribution in [0.3, 0.4) is 0 Å². The van der Waals surface area contributed by atoms with Crippen molar-refractivity contribution in [2.75, 3.05) is 23.1 Å². The summed E-state index contributed by atoms with van der Waals surface area (Å²) in [5.41, 5.74) is 2.83. The van der Waals surface area contributed by atoms with Crippen LogP contribution in [0.2, 0.25) is 0 Å². The van der Waals surface area contributed by atoms with E-state index < -0.39 is 18.0 Å². The summed E-state index contributed by atoms with van der Waals surface area (Å²) in [7, 11) is 1.27. The van der Waals surface area contributed by atoms with Crippen LogP contribution < -0.4 is 16.0 Å². The van der Waals surface area contributed by atoms with Crippen molar-refractivity contribution in [1.82, 2.24) is 10.2 Å². The number of amides is 2. The number of carboxylic acid groups (broad SMARTS) is 1. The molecule has 0 aliphatic heterocycles. The Labute approximate surface area is 207 Å². The van der Waals surface area contributed by atoms with Crippen LogP contribution in [0.1, 0.15) is 54.3 Å². The fourth-order valence-electron chi connectivity index (χ4n) is 4.30. The minimum atomic E-state index is -0.732. The predicted molar refractivity (Wildman–Crippen MR) is 131 cm³/mol. The second-order valence-corrected chi connectivity index (χ2v) is 8.63. The lowest BCUT2D eigenvalue weighted by atomic mass is 9.77. The molecular weight excluding hydrogens is 466 g/mol. The number of hydrogen-bond donors (Lipinski definition) is 4. The van der Waals surface area contributed by atoms with Gasteiger partial charge in [-0.3, -0.25) is 14.9 Å². The zero-order chi connectivity index (χ0) is 25.5. The number of aliphatic carboxylic acids is 1. The molecule has 0 bridgehead atoms. The molecule has 36 heavy (non-hydrogen) atoms. The Morgan fingerprint density at radius 1 is 0.972 bits per heavy atom. The quantitative estimate of drug-likeness (QED) is 0.339. The molecule has 1 fully saturated rings. The van der Waals surface area contributed by atoms with Gasteiger partial charge in [0.15, 0.2) is 0 Å². The molecule has 0 unspecified atom stereocenters. The van der Waals surface area contributed by atoms with Gasteiger partial charge < -0.3 is 24.9 Å². The molecule has 1 heterocycles. The van der Waals surface area contributed by atoms with Crippen molar-refractivity contribution in [2.45, 2.75) is 38.0 Å². The van der Waals surface area contributed by atoms with Crippen molar-refractivity contribution in [3.05, 3.63) is 60.0 Å². The van der Waals surface area contributed by atoms with E-state index in [0.29, 0.717) is 23.0 Å². The van der Waals surface area contributed by atoms with E-state index >= 15 is 0 Å². The Morgan fingerprint density at radius 2 is 1.69 bits per heavy atom. The minimum Gasteiger partial charge on any atom is -0.481 e. The van der Waals surface area contributed by atoms with E-state index in [1.54, 1.807) is 24.3 Å². The van der Waals surface area contributed by atoms with Gasteiger partial charge in [-0.15, -0.1) is 5.10 Å². The lowest BCUT2D eigenvalue weighted by Crippen LogP contribution is -2.16. The minimum absolute atomic E-state index is 0.0178. The second-order valence-electron chi connectivity index (χ2n) is 8.63. The molecule has 188 valence electrons. The molecule has 0 spiro atoms. The van der Waals surface area contributed by atoms with Crippen LogP contribution in [0.5, 0.6) is 0 Å². The van der Waals surface area contributed by atoms with E-state index in [1.165, 1.54) is 12.7 Å². The molecule has 3 aromatic rings. The van der Waals surface area contributed by atoms with Gasteiger partial charge >= 0.3 is 29.9 Å². The first-order chi connectivity index (χ1) is 17.4. The van der Waals surface area contributed by atoms with Gasteiger partial charge in [-0.2, -0.15) is 0 Å². The van der Waals surface area contributed by atoms with Crippen molar-refractivity contribution >= 4 is 41.0 Å². The van der Waals surface area contributed by atoms with Gasteiger partial charge in [-0.05, 0) is 73.4 Å². The van der Waals surface area contributed by atoms with E-state index in [4.69, 9.17) is 9.52 Å². The summed E-state index contributed by atoms with van der Waals surface area (Å²) >= 11 is 0. The average molecular weight is 494 g/mol. The SMILES string of the molecule is COC(=O)Nc1cccc(Nc2nnc(C(=O)Nc3ccc(C4CCC(CC(=O)O)CC4)cc3)o2)c1. The molecule has 0 radical (unpaired) electrons. The smallest absolute Gasteiger partial charge is 0.411 e. The van der Waals surface area contributed by atoms with Gasteiger partial charge in [0, 0.05) is 23.5 Å². The average Bonchev–Trinajstić information content (AvgIpc) is 3.33. The lowest BCUT2D eigenvalue weighted by molar-refractivity contribution is -0.138. The highest BCUT2D eigenvalue weighted by molar-refractivity contribution is 6.00. The number of aromatic nitrogens is 2. The fraction of sp³-hybridized carbons (Fsp3) is 0.320. The number of anilines is 4. The summed E-state index contributed by atoms with van der Waals surface area (Å²) in [5, 5.41) is 24.8. The number of carbonyl (C=O) groups excluding carboxylic acids is 2. The Balaban J connectivity index is 1.31. The number of ether oxygens (including phenoxy) is 1. The van der Waals surface area contributed by atoms with Crippen LogP contribution in [0.4, 0.5) is 27.9 Å². The number of rotatable bonds is 8. The van der Waals surface area contributed by atoms with E-state index in [1.807, 2.05) is 24.3 Å². The Hall–Kier alpha value is -4.41. The molecule has 1 aliphatic rings. The van der Waals surface area contributed by atoms with Crippen molar-refractivity contribution in [2.24, 2.45) is 5.92 Å². The Morgan fingerprint density at radius 3 is 2.39 bits per heavy atom. The summed E-state index contributed by atoms with van der Waals surface area (Å²) in [4.78, 5) is 34.8. The van der Waals surface area contributed by atoms with E-state index in [2.05, 4.69) is 30.9 Å². The molecule has 0 atom stereocenters. The number of nitrogens with zero attached hydrogens (tertiary/aromatic N) is 2. The van der Waals surface area contributed by atoms with E-state index in [0.717, 1.165) is 25.7 Å². The summed E-state index contributed by atoms with van der Waals surface area (Å²) in [6.45, 7) is 0. The molecule has 11 nitrogen and oxygen atoms in total. The van der Waals surface area contributed by atoms with Crippen LogP contribution in [0.15, 0.2) is 52.9 Å². The maximum absolute atomic E-state index is 12.6. The monoisotopic (exact) mass is 493 g/mol. The van der Waals surface area contributed by atoms with Gasteiger partial charge in [-0.25, -0.2) is 4.79 Å². The van der Waals surface area contributed by atoms with Crippen LogP contribution in [-0.4, -0.2) is 40.4 Å². The van der Waals surface area contributed by atoms with Crippen molar-refractivity contribution in [1.29, 1.82) is 0 Å². The normalized spacial score (nSPS) is 17.1. The fourth-order valence-corrected chi connectivity index (χ4v) is 4.30. The zero-order valence-corrected chi connectivity index (χ0v) is 19.7. The summed E-state index contributed by atoms with van der Waals surface area (Å²) in [6, 6.07) is 14.4. The number of methoxy groups -OCH3 is 1. The molecule has 2 aromatic carbocycles. The molecular formula is C25H27N5O6. The molecule has 4 N–H and O–H groups in total. The molecule has 11 heteroatoms. The van der Waals surface area contributed by atoms with Gasteiger partial charge in [0.2, 0.25) is 0 Å². The van der Waals surface area contributed by atoms with E-state index in [9.17, 15) is 14.4 Å². The largest absolute Gasteiger partial charge is 0.481 e. The van der Waals surface area contributed by atoms with Crippen LogP contribution in [0, 0.1) is 5.92 Å².